The van der Waals surface area contributed by atoms with Gasteiger partial charge >= 0.3 is 12.3 Å². The Balaban J connectivity index is 4.28. The molecule has 0 bridgehead atoms. The molecule has 0 aliphatic rings. The van der Waals surface area contributed by atoms with Crippen molar-refractivity contribution in [2.45, 2.75) is 32.5 Å². The van der Waals surface area contributed by atoms with Crippen LogP contribution in [0.3, 0.4) is 0 Å². The van der Waals surface area contributed by atoms with E-state index in [1.54, 1.807) is 13.8 Å². The van der Waals surface area contributed by atoms with Gasteiger partial charge in [0, 0.05) is 0 Å². The van der Waals surface area contributed by atoms with Gasteiger partial charge < -0.3 is 10.1 Å². The summed E-state index contributed by atoms with van der Waals surface area (Å²) in [6.45, 7) is 1.68. The number of halogens is 4. The summed E-state index contributed by atoms with van der Waals surface area (Å²) in [5, 5.41) is 1.15. The summed E-state index contributed by atoms with van der Waals surface area (Å²) in [6.07, 6.45) is -5.39. The summed E-state index contributed by atoms with van der Waals surface area (Å²) in [6, 6.07) is -1.05. The van der Waals surface area contributed by atoms with Crippen LogP contribution in [-0.4, -0.2) is 30.2 Å². The van der Waals surface area contributed by atoms with Gasteiger partial charge in [0.05, 0.1) is 0 Å². The van der Waals surface area contributed by atoms with Gasteiger partial charge in [-0.2, -0.15) is 13.2 Å². The SMILES string of the molecule is CC[C@H](C)[C@H](NC(=O)OCC(F)(F)F)C(=O)Cl. The maximum atomic E-state index is 11.7. The lowest BCUT2D eigenvalue weighted by Crippen LogP contribution is -2.44. The van der Waals surface area contributed by atoms with Crippen LogP contribution >= 0.6 is 11.6 Å². The van der Waals surface area contributed by atoms with Gasteiger partial charge in [0.15, 0.2) is 6.61 Å². The molecule has 0 saturated heterocycles. The number of amides is 1. The summed E-state index contributed by atoms with van der Waals surface area (Å²) in [4.78, 5) is 21.9. The zero-order valence-corrected chi connectivity index (χ0v) is 10.1. The molecule has 17 heavy (non-hydrogen) atoms. The number of nitrogens with one attached hydrogen (secondary N) is 1. The Morgan fingerprint density at radius 3 is 2.29 bits per heavy atom. The normalized spacial score (nSPS) is 14.9. The number of rotatable bonds is 5. The first kappa shape index (κ1) is 16.0. The predicted molar refractivity (Wildman–Crippen MR) is 54.6 cm³/mol. The highest BCUT2D eigenvalue weighted by atomic mass is 35.5. The van der Waals surface area contributed by atoms with E-state index in [4.69, 9.17) is 11.6 Å². The molecule has 0 aromatic rings. The van der Waals surface area contributed by atoms with Crippen LogP contribution < -0.4 is 5.32 Å². The van der Waals surface area contributed by atoms with Gasteiger partial charge in [0.2, 0.25) is 5.24 Å². The number of hydrogen-bond acceptors (Lipinski definition) is 3. The van der Waals surface area contributed by atoms with Crippen LogP contribution in [-0.2, 0) is 9.53 Å². The molecule has 0 fully saturated rings. The van der Waals surface area contributed by atoms with Crippen molar-refractivity contribution < 1.29 is 27.5 Å². The topological polar surface area (TPSA) is 55.4 Å². The Morgan fingerprint density at radius 1 is 1.41 bits per heavy atom. The molecule has 0 radical (unpaired) electrons. The van der Waals surface area contributed by atoms with E-state index in [2.05, 4.69) is 4.74 Å². The molecule has 0 aliphatic heterocycles. The molecule has 1 N–H and O–H groups in total. The molecule has 0 unspecified atom stereocenters. The van der Waals surface area contributed by atoms with E-state index in [0.29, 0.717) is 6.42 Å². The van der Waals surface area contributed by atoms with Crippen molar-refractivity contribution >= 4 is 22.9 Å². The zero-order valence-electron chi connectivity index (χ0n) is 9.31. The minimum absolute atomic E-state index is 0.293. The molecular weight excluding hydrogens is 263 g/mol. The lowest BCUT2D eigenvalue weighted by Gasteiger charge is -2.20. The van der Waals surface area contributed by atoms with Crippen LogP contribution in [0.1, 0.15) is 20.3 Å². The third-order valence-electron chi connectivity index (χ3n) is 2.10. The fourth-order valence-electron chi connectivity index (χ4n) is 0.974. The summed E-state index contributed by atoms with van der Waals surface area (Å²) in [5.41, 5.74) is 0. The smallest absolute Gasteiger partial charge is 0.422 e. The molecular formula is C9H13ClF3NO3. The number of hydrogen-bond donors (Lipinski definition) is 1. The van der Waals surface area contributed by atoms with Crippen LogP contribution in [0.2, 0.25) is 0 Å². The Bertz CT molecular complexity index is 283. The van der Waals surface area contributed by atoms with E-state index in [9.17, 15) is 22.8 Å². The fraction of sp³-hybridized carbons (Fsp3) is 0.778. The number of carbonyl (C=O) groups is 2. The van der Waals surface area contributed by atoms with Crippen LogP contribution in [0.5, 0.6) is 0 Å². The lowest BCUT2D eigenvalue weighted by molar-refractivity contribution is -0.160. The van der Waals surface area contributed by atoms with E-state index in [0.717, 1.165) is 0 Å². The van der Waals surface area contributed by atoms with E-state index in [1.165, 1.54) is 0 Å². The number of alkyl halides is 3. The molecule has 0 rings (SSSR count). The minimum atomic E-state index is -4.60. The molecule has 2 atom stereocenters. The van der Waals surface area contributed by atoms with Gasteiger partial charge in [-0.05, 0) is 17.5 Å². The van der Waals surface area contributed by atoms with Crippen molar-refractivity contribution in [2.75, 3.05) is 6.61 Å². The minimum Gasteiger partial charge on any atom is -0.440 e. The van der Waals surface area contributed by atoms with Crippen molar-refractivity contribution in [1.29, 1.82) is 0 Å². The second kappa shape index (κ2) is 6.68. The first-order valence-corrected chi connectivity index (χ1v) is 5.24. The van der Waals surface area contributed by atoms with Crippen molar-refractivity contribution in [1.82, 2.24) is 5.32 Å². The Labute approximate surface area is 101 Å². The second-order valence-electron chi connectivity index (χ2n) is 3.50. The molecule has 100 valence electrons. The molecule has 1 amide bonds. The van der Waals surface area contributed by atoms with Crippen molar-refractivity contribution in [2.24, 2.45) is 5.92 Å². The van der Waals surface area contributed by atoms with Gasteiger partial charge in [-0.25, -0.2) is 4.79 Å². The highest BCUT2D eigenvalue weighted by molar-refractivity contribution is 6.64. The third-order valence-corrected chi connectivity index (χ3v) is 2.33. The van der Waals surface area contributed by atoms with E-state index in [-0.39, 0.29) is 5.92 Å². The van der Waals surface area contributed by atoms with Crippen molar-refractivity contribution in [3.05, 3.63) is 0 Å². The van der Waals surface area contributed by atoms with Gasteiger partial charge in [-0.1, -0.05) is 20.3 Å². The number of carbonyl (C=O) groups excluding carboxylic acids is 2. The molecule has 4 nitrogen and oxygen atoms in total. The summed E-state index contributed by atoms with van der Waals surface area (Å²) in [7, 11) is 0. The van der Waals surface area contributed by atoms with E-state index < -0.39 is 30.2 Å². The molecule has 0 aromatic carbocycles. The fourth-order valence-corrected chi connectivity index (χ4v) is 1.24. The summed E-state index contributed by atoms with van der Waals surface area (Å²) >= 11 is 5.22. The summed E-state index contributed by atoms with van der Waals surface area (Å²) < 4.78 is 39.1. The monoisotopic (exact) mass is 275 g/mol. The molecule has 0 aliphatic carbocycles. The predicted octanol–water partition coefficient (Wildman–Crippen LogP) is 2.46. The van der Waals surface area contributed by atoms with Gasteiger partial charge in [-0.15, -0.1) is 0 Å². The highest BCUT2D eigenvalue weighted by Crippen LogP contribution is 2.15. The highest BCUT2D eigenvalue weighted by Gasteiger charge is 2.31. The molecule has 0 aromatic heterocycles. The van der Waals surface area contributed by atoms with E-state index >= 15 is 0 Å². The summed E-state index contributed by atoms with van der Waals surface area (Å²) in [5.74, 6) is -0.293. The Kier molecular flexibility index (Phi) is 6.30. The van der Waals surface area contributed by atoms with Crippen LogP contribution in [0.25, 0.3) is 0 Å². The van der Waals surface area contributed by atoms with E-state index in [1.807, 2.05) is 5.32 Å². The van der Waals surface area contributed by atoms with Crippen molar-refractivity contribution in [3.63, 3.8) is 0 Å². The standard InChI is InChI=1S/C9H13ClF3NO3/c1-3-5(2)6(7(10)15)14-8(16)17-4-9(11,12)13/h5-6H,3-4H2,1-2H3,(H,14,16)/t5-,6-/m0/s1. The zero-order chi connectivity index (χ0) is 13.6. The van der Waals surface area contributed by atoms with Gasteiger partial charge in [0.1, 0.15) is 6.04 Å². The Hall–Kier alpha value is -0.980. The number of alkyl carbamates (subject to hydrolysis) is 1. The average Bonchev–Trinajstić information content (AvgIpc) is 2.20. The number of ether oxygens (including phenoxy) is 1. The third kappa shape index (κ3) is 7.04. The van der Waals surface area contributed by atoms with Crippen LogP contribution in [0.15, 0.2) is 0 Å². The maximum Gasteiger partial charge on any atom is 0.422 e. The molecule has 0 heterocycles. The maximum absolute atomic E-state index is 11.7. The van der Waals surface area contributed by atoms with Gasteiger partial charge in [0.25, 0.3) is 0 Å². The average molecular weight is 276 g/mol. The molecule has 8 heteroatoms. The largest absolute Gasteiger partial charge is 0.440 e. The molecule has 0 spiro atoms. The first-order chi connectivity index (χ1) is 7.67. The van der Waals surface area contributed by atoms with Gasteiger partial charge in [-0.3, -0.25) is 4.79 Å². The molecule has 0 saturated carbocycles. The van der Waals surface area contributed by atoms with Crippen LogP contribution in [0, 0.1) is 5.92 Å². The Morgan fingerprint density at radius 2 is 1.94 bits per heavy atom. The first-order valence-electron chi connectivity index (χ1n) is 4.86. The quantitative estimate of drug-likeness (QED) is 0.784. The second-order valence-corrected chi connectivity index (χ2v) is 3.88. The lowest BCUT2D eigenvalue weighted by atomic mass is 10.0. The van der Waals surface area contributed by atoms with Crippen LogP contribution in [0.4, 0.5) is 18.0 Å². The van der Waals surface area contributed by atoms with Crippen molar-refractivity contribution in [3.8, 4) is 0 Å².